The number of nitrogens with two attached hydrogens (primary N) is 2. The van der Waals surface area contributed by atoms with Crippen LogP contribution in [0, 0.1) is 0 Å². The zero-order valence-corrected chi connectivity index (χ0v) is 11.0. The van der Waals surface area contributed by atoms with Crippen molar-refractivity contribution in [2.75, 3.05) is 23.4 Å². The predicted octanol–water partition coefficient (Wildman–Crippen LogP) is 3.38. The maximum Gasteiger partial charge on any atom is 0.119 e. The van der Waals surface area contributed by atoms with Crippen molar-refractivity contribution < 1.29 is 4.74 Å². The maximum atomic E-state index is 5.77. The third-order valence-electron chi connectivity index (χ3n) is 2.70. The average molecular weight is 257 g/mol. The van der Waals surface area contributed by atoms with Crippen molar-refractivity contribution in [3.63, 3.8) is 0 Å². The molecule has 5 N–H and O–H groups in total. The molecule has 0 saturated carbocycles. The van der Waals surface area contributed by atoms with Crippen molar-refractivity contribution in [2.45, 2.75) is 13.3 Å². The molecule has 0 amide bonds. The molecule has 0 radical (unpaired) electrons. The summed E-state index contributed by atoms with van der Waals surface area (Å²) < 4.78 is 5.53. The Morgan fingerprint density at radius 2 is 1.63 bits per heavy atom. The summed E-state index contributed by atoms with van der Waals surface area (Å²) in [7, 11) is 0. The van der Waals surface area contributed by atoms with Crippen LogP contribution in [0.15, 0.2) is 42.5 Å². The molecule has 0 unspecified atom stereocenters. The van der Waals surface area contributed by atoms with E-state index >= 15 is 0 Å². The third-order valence-corrected chi connectivity index (χ3v) is 2.70. The van der Waals surface area contributed by atoms with Gasteiger partial charge in [-0.25, -0.2) is 0 Å². The molecule has 0 aliphatic carbocycles. The van der Waals surface area contributed by atoms with Crippen molar-refractivity contribution in [1.82, 2.24) is 0 Å². The van der Waals surface area contributed by atoms with Crippen LogP contribution in [0.1, 0.15) is 13.3 Å². The number of hydrogen-bond donors (Lipinski definition) is 3. The van der Waals surface area contributed by atoms with Gasteiger partial charge < -0.3 is 21.5 Å². The molecule has 0 spiro atoms. The SMILES string of the molecule is CCCOc1ccc(Nc2ccc(N)c(N)c2)cc1. The molecule has 19 heavy (non-hydrogen) atoms. The van der Waals surface area contributed by atoms with E-state index < -0.39 is 0 Å². The lowest BCUT2D eigenvalue weighted by Crippen LogP contribution is -1.97. The molecule has 100 valence electrons. The van der Waals surface area contributed by atoms with E-state index in [2.05, 4.69) is 12.2 Å². The summed E-state index contributed by atoms with van der Waals surface area (Å²) in [6, 6.07) is 13.3. The smallest absolute Gasteiger partial charge is 0.119 e. The highest BCUT2D eigenvalue weighted by atomic mass is 16.5. The molecule has 0 heterocycles. The van der Waals surface area contributed by atoms with Crippen LogP contribution in [0.5, 0.6) is 5.75 Å². The van der Waals surface area contributed by atoms with E-state index in [9.17, 15) is 0 Å². The molecular weight excluding hydrogens is 238 g/mol. The van der Waals surface area contributed by atoms with Crippen LogP contribution in [0.25, 0.3) is 0 Å². The number of nitrogen functional groups attached to an aromatic ring is 2. The largest absolute Gasteiger partial charge is 0.494 e. The summed E-state index contributed by atoms with van der Waals surface area (Å²) in [5.74, 6) is 0.879. The van der Waals surface area contributed by atoms with Gasteiger partial charge in [0, 0.05) is 11.4 Å². The average Bonchev–Trinajstić information content (AvgIpc) is 2.42. The van der Waals surface area contributed by atoms with Crippen LogP contribution in [-0.4, -0.2) is 6.61 Å². The van der Waals surface area contributed by atoms with Gasteiger partial charge in [-0.15, -0.1) is 0 Å². The van der Waals surface area contributed by atoms with Crippen LogP contribution < -0.4 is 21.5 Å². The van der Waals surface area contributed by atoms with Gasteiger partial charge in [-0.05, 0) is 48.9 Å². The van der Waals surface area contributed by atoms with E-state index in [1.165, 1.54) is 0 Å². The molecule has 0 aliphatic heterocycles. The minimum absolute atomic E-state index is 0.577. The highest BCUT2D eigenvalue weighted by Gasteiger charge is 1.99. The van der Waals surface area contributed by atoms with Gasteiger partial charge in [0.2, 0.25) is 0 Å². The van der Waals surface area contributed by atoms with Crippen LogP contribution in [-0.2, 0) is 0 Å². The van der Waals surface area contributed by atoms with E-state index in [1.54, 1.807) is 6.07 Å². The van der Waals surface area contributed by atoms with Crippen LogP contribution in [0.2, 0.25) is 0 Å². The van der Waals surface area contributed by atoms with Gasteiger partial charge in [-0.2, -0.15) is 0 Å². The topological polar surface area (TPSA) is 73.3 Å². The van der Waals surface area contributed by atoms with Gasteiger partial charge in [-0.1, -0.05) is 6.92 Å². The van der Waals surface area contributed by atoms with Crippen molar-refractivity contribution in [3.05, 3.63) is 42.5 Å². The third kappa shape index (κ3) is 3.55. The zero-order chi connectivity index (χ0) is 13.7. The molecule has 0 aromatic heterocycles. The van der Waals surface area contributed by atoms with Gasteiger partial charge in [-0.3, -0.25) is 0 Å². The molecular formula is C15H19N3O. The van der Waals surface area contributed by atoms with E-state index in [1.807, 2.05) is 36.4 Å². The molecule has 0 atom stereocenters. The highest BCUT2D eigenvalue weighted by molar-refractivity contribution is 5.72. The summed E-state index contributed by atoms with van der Waals surface area (Å²) in [5.41, 5.74) is 14.5. The molecule has 0 bridgehead atoms. The monoisotopic (exact) mass is 257 g/mol. The highest BCUT2D eigenvalue weighted by Crippen LogP contribution is 2.24. The summed E-state index contributed by atoms with van der Waals surface area (Å²) in [6.45, 7) is 2.82. The second-order valence-corrected chi connectivity index (χ2v) is 4.34. The number of rotatable bonds is 5. The first-order chi connectivity index (χ1) is 9.19. The van der Waals surface area contributed by atoms with Crippen molar-refractivity contribution >= 4 is 22.7 Å². The Bertz CT molecular complexity index is 538. The fraction of sp³-hybridized carbons (Fsp3) is 0.200. The molecule has 0 aliphatic rings. The lowest BCUT2D eigenvalue weighted by Gasteiger charge is -2.10. The van der Waals surface area contributed by atoms with Gasteiger partial charge >= 0.3 is 0 Å². The molecule has 2 aromatic carbocycles. The van der Waals surface area contributed by atoms with Crippen LogP contribution in [0.4, 0.5) is 22.7 Å². The predicted molar refractivity (Wildman–Crippen MR) is 80.8 cm³/mol. The Labute approximate surface area is 113 Å². The molecule has 0 fully saturated rings. The Hall–Kier alpha value is -2.36. The second kappa shape index (κ2) is 6.00. The second-order valence-electron chi connectivity index (χ2n) is 4.34. The lowest BCUT2D eigenvalue weighted by molar-refractivity contribution is 0.317. The van der Waals surface area contributed by atoms with E-state index in [0.717, 1.165) is 30.2 Å². The summed E-state index contributed by atoms with van der Waals surface area (Å²) in [5, 5.41) is 3.26. The first-order valence-corrected chi connectivity index (χ1v) is 6.34. The van der Waals surface area contributed by atoms with Gasteiger partial charge in [0.15, 0.2) is 0 Å². The fourth-order valence-corrected chi connectivity index (χ4v) is 1.67. The Morgan fingerprint density at radius 3 is 2.26 bits per heavy atom. The fourth-order valence-electron chi connectivity index (χ4n) is 1.67. The standard InChI is InChI=1S/C15H19N3O/c1-2-9-19-13-6-3-11(4-7-13)18-12-5-8-14(16)15(17)10-12/h3-8,10,18H,2,9,16-17H2,1H3. The normalized spacial score (nSPS) is 10.2. The van der Waals surface area contributed by atoms with Gasteiger partial charge in [0.1, 0.15) is 5.75 Å². The number of hydrogen-bond acceptors (Lipinski definition) is 4. The first kappa shape index (κ1) is 13.1. The molecule has 4 heteroatoms. The van der Waals surface area contributed by atoms with Crippen LogP contribution in [0.3, 0.4) is 0 Å². The summed E-state index contributed by atoms with van der Waals surface area (Å²) in [4.78, 5) is 0. The first-order valence-electron chi connectivity index (χ1n) is 6.34. The molecule has 2 aromatic rings. The Kier molecular flexibility index (Phi) is 4.13. The van der Waals surface area contributed by atoms with E-state index in [0.29, 0.717) is 11.4 Å². The quantitative estimate of drug-likeness (QED) is 0.718. The van der Waals surface area contributed by atoms with Crippen molar-refractivity contribution in [1.29, 1.82) is 0 Å². The van der Waals surface area contributed by atoms with Crippen molar-refractivity contribution in [2.24, 2.45) is 0 Å². The number of nitrogens with one attached hydrogen (secondary N) is 1. The van der Waals surface area contributed by atoms with Crippen molar-refractivity contribution in [3.8, 4) is 5.75 Å². The Balaban J connectivity index is 2.04. The minimum Gasteiger partial charge on any atom is -0.494 e. The molecule has 0 saturated heterocycles. The van der Waals surface area contributed by atoms with Gasteiger partial charge in [0.05, 0.1) is 18.0 Å². The zero-order valence-electron chi connectivity index (χ0n) is 11.0. The van der Waals surface area contributed by atoms with E-state index in [-0.39, 0.29) is 0 Å². The summed E-state index contributed by atoms with van der Waals surface area (Å²) >= 11 is 0. The lowest BCUT2D eigenvalue weighted by atomic mass is 10.2. The number of ether oxygens (including phenoxy) is 1. The summed E-state index contributed by atoms with van der Waals surface area (Å²) in [6.07, 6.45) is 1.00. The van der Waals surface area contributed by atoms with Gasteiger partial charge in [0.25, 0.3) is 0 Å². The Morgan fingerprint density at radius 1 is 0.947 bits per heavy atom. The van der Waals surface area contributed by atoms with E-state index in [4.69, 9.17) is 16.2 Å². The van der Waals surface area contributed by atoms with Crippen LogP contribution >= 0.6 is 0 Å². The molecule has 2 rings (SSSR count). The minimum atomic E-state index is 0.577. The molecule has 4 nitrogen and oxygen atoms in total. The number of benzene rings is 2. The number of anilines is 4. The maximum absolute atomic E-state index is 5.77.